The van der Waals surface area contributed by atoms with Gasteiger partial charge in [0.2, 0.25) is 0 Å². The summed E-state index contributed by atoms with van der Waals surface area (Å²) in [6.45, 7) is 2.43. The first kappa shape index (κ1) is 12.0. The molecule has 0 aliphatic carbocycles. The van der Waals surface area contributed by atoms with E-state index in [4.69, 9.17) is 5.73 Å². The molecule has 1 aromatic rings. The van der Waals surface area contributed by atoms with Crippen molar-refractivity contribution in [3.63, 3.8) is 0 Å². The molecule has 1 aromatic carbocycles. The predicted molar refractivity (Wildman–Crippen MR) is 65.2 cm³/mol. The molecule has 86 valence electrons. The van der Waals surface area contributed by atoms with Crippen LogP contribution in [0.1, 0.15) is 18.4 Å². The Kier molecular flexibility index (Phi) is 3.94. The molecule has 1 heterocycles. The van der Waals surface area contributed by atoms with Gasteiger partial charge in [-0.3, -0.25) is 0 Å². The SMILES string of the molecule is CN1CCCC([C](=[W])c2ccccc2N)C1. The van der Waals surface area contributed by atoms with Crippen LogP contribution in [-0.4, -0.2) is 28.9 Å². The van der Waals surface area contributed by atoms with Crippen LogP contribution in [0.4, 0.5) is 5.69 Å². The van der Waals surface area contributed by atoms with E-state index in [1.165, 1.54) is 35.4 Å². The molecule has 2 N–H and O–H groups in total. The maximum absolute atomic E-state index is 6.04. The summed E-state index contributed by atoms with van der Waals surface area (Å²) in [7, 11) is 2.21. The Morgan fingerprint density at radius 1 is 1.44 bits per heavy atom. The Morgan fingerprint density at radius 3 is 2.88 bits per heavy atom. The van der Waals surface area contributed by atoms with E-state index in [0.29, 0.717) is 5.92 Å². The molecule has 0 aromatic heterocycles. The van der Waals surface area contributed by atoms with Gasteiger partial charge in [0.25, 0.3) is 0 Å². The molecule has 1 atom stereocenters. The first-order chi connectivity index (χ1) is 7.68. The zero-order valence-electron chi connectivity index (χ0n) is 9.65. The van der Waals surface area contributed by atoms with Crippen molar-refractivity contribution in [1.82, 2.24) is 4.90 Å². The third-order valence-corrected chi connectivity index (χ3v) is 5.21. The molecule has 0 radical (unpaired) electrons. The zero-order valence-corrected chi connectivity index (χ0v) is 12.6. The number of likely N-dealkylation sites (tertiary alicyclic amines) is 1. The fourth-order valence-electron chi connectivity index (χ4n) is 2.32. The average molecular weight is 386 g/mol. The maximum atomic E-state index is 6.04. The Labute approximate surface area is 108 Å². The molecule has 2 nitrogen and oxygen atoms in total. The Hall–Kier alpha value is -0.462. The third-order valence-electron chi connectivity index (χ3n) is 3.22. The quantitative estimate of drug-likeness (QED) is 0.784. The van der Waals surface area contributed by atoms with Gasteiger partial charge in [0.1, 0.15) is 0 Å². The van der Waals surface area contributed by atoms with Crippen LogP contribution in [0.3, 0.4) is 0 Å². The second kappa shape index (κ2) is 5.25. The first-order valence-corrected chi connectivity index (χ1v) is 7.22. The van der Waals surface area contributed by atoms with Gasteiger partial charge in [0, 0.05) is 0 Å². The monoisotopic (exact) mass is 386 g/mol. The number of rotatable bonds is 2. The minimum absolute atomic E-state index is 0.707. The second-order valence-corrected chi connectivity index (χ2v) is 6.13. The van der Waals surface area contributed by atoms with Crippen molar-refractivity contribution in [2.24, 2.45) is 5.92 Å². The van der Waals surface area contributed by atoms with Crippen LogP contribution in [-0.2, 0) is 19.4 Å². The normalized spacial score (nSPS) is 21.9. The topological polar surface area (TPSA) is 29.3 Å². The van der Waals surface area contributed by atoms with Gasteiger partial charge in [-0.15, -0.1) is 0 Å². The van der Waals surface area contributed by atoms with E-state index in [-0.39, 0.29) is 0 Å². The van der Waals surface area contributed by atoms with E-state index < -0.39 is 0 Å². The summed E-state index contributed by atoms with van der Waals surface area (Å²) in [5.74, 6) is 0.707. The molecule has 0 spiro atoms. The minimum atomic E-state index is 0.707. The standard InChI is InChI=1S/C13H18N2.W/c1-15-8-4-5-11(10-15)9-12-6-2-3-7-13(12)14;/h2-3,6-7,11H,4-5,8,10,14H2,1H3;. The molecule has 1 fully saturated rings. The molecule has 3 heteroatoms. The van der Waals surface area contributed by atoms with E-state index in [2.05, 4.69) is 24.1 Å². The summed E-state index contributed by atoms with van der Waals surface area (Å²) in [4.78, 5) is 2.43. The Balaban J connectivity index is 2.16. The van der Waals surface area contributed by atoms with E-state index >= 15 is 0 Å². The van der Waals surface area contributed by atoms with Gasteiger partial charge >= 0.3 is 108 Å². The van der Waals surface area contributed by atoms with Crippen molar-refractivity contribution >= 4 is 9.59 Å². The number of nitrogen functional groups attached to an aromatic ring is 1. The van der Waals surface area contributed by atoms with Crippen LogP contribution >= 0.6 is 0 Å². The number of hydrogen-bond acceptors (Lipinski definition) is 2. The second-order valence-electron chi connectivity index (χ2n) is 4.55. The summed E-state index contributed by atoms with van der Waals surface area (Å²) < 4.78 is 1.53. The first-order valence-electron chi connectivity index (χ1n) is 5.75. The van der Waals surface area contributed by atoms with Crippen molar-refractivity contribution in [3.05, 3.63) is 29.8 Å². The van der Waals surface area contributed by atoms with E-state index in [1.807, 2.05) is 12.1 Å². The number of hydrogen-bond donors (Lipinski definition) is 1. The molecule has 0 amide bonds. The number of para-hydroxylation sites is 1. The van der Waals surface area contributed by atoms with E-state index in [0.717, 1.165) is 5.69 Å². The van der Waals surface area contributed by atoms with Crippen LogP contribution in [0.2, 0.25) is 0 Å². The van der Waals surface area contributed by atoms with Crippen LogP contribution in [0.5, 0.6) is 0 Å². The molecule has 1 aliphatic heterocycles. The van der Waals surface area contributed by atoms with Crippen molar-refractivity contribution in [3.8, 4) is 0 Å². The van der Waals surface area contributed by atoms with Gasteiger partial charge in [-0.1, -0.05) is 0 Å². The van der Waals surface area contributed by atoms with Crippen molar-refractivity contribution in [1.29, 1.82) is 0 Å². The molecule has 0 bridgehead atoms. The summed E-state index contributed by atoms with van der Waals surface area (Å²) in [6, 6.07) is 8.26. The number of benzene rings is 1. The van der Waals surface area contributed by atoms with Crippen LogP contribution in [0.25, 0.3) is 0 Å². The van der Waals surface area contributed by atoms with Crippen LogP contribution in [0.15, 0.2) is 24.3 Å². The van der Waals surface area contributed by atoms with Gasteiger partial charge < -0.3 is 0 Å². The molecular weight excluding hydrogens is 368 g/mol. The molecule has 2 rings (SSSR count). The van der Waals surface area contributed by atoms with Gasteiger partial charge in [0.05, 0.1) is 0 Å². The van der Waals surface area contributed by atoms with Gasteiger partial charge in [0.15, 0.2) is 0 Å². The molecular formula is C13H18N2W. The van der Waals surface area contributed by atoms with Gasteiger partial charge in [-0.2, -0.15) is 0 Å². The van der Waals surface area contributed by atoms with Gasteiger partial charge in [-0.25, -0.2) is 0 Å². The number of nitrogens with zero attached hydrogens (tertiary/aromatic N) is 1. The summed E-state index contributed by atoms with van der Waals surface area (Å²) in [5, 5.41) is 0. The van der Waals surface area contributed by atoms with E-state index in [1.54, 1.807) is 19.4 Å². The molecule has 1 unspecified atom stereocenters. The number of nitrogens with two attached hydrogens (primary N) is 1. The van der Waals surface area contributed by atoms with Crippen LogP contribution in [0, 0.1) is 5.92 Å². The summed E-state index contributed by atoms with van der Waals surface area (Å²) in [6.07, 6.45) is 2.63. The summed E-state index contributed by atoms with van der Waals surface area (Å²) in [5.41, 5.74) is 8.25. The molecule has 16 heavy (non-hydrogen) atoms. The summed E-state index contributed by atoms with van der Waals surface area (Å²) >= 11 is 1.56. The van der Waals surface area contributed by atoms with Gasteiger partial charge in [-0.05, 0) is 0 Å². The van der Waals surface area contributed by atoms with Crippen molar-refractivity contribution in [2.75, 3.05) is 25.9 Å². The zero-order chi connectivity index (χ0) is 11.5. The van der Waals surface area contributed by atoms with E-state index in [9.17, 15) is 0 Å². The molecule has 1 aliphatic rings. The van der Waals surface area contributed by atoms with Crippen molar-refractivity contribution in [2.45, 2.75) is 12.8 Å². The molecule has 0 saturated carbocycles. The van der Waals surface area contributed by atoms with Crippen molar-refractivity contribution < 1.29 is 19.4 Å². The number of piperidine rings is 1. The molecule has 1 saturated heterocycles. The third kappa shape index (κ3) is 2.61. The number of anilines is 1. The fraction of sp³-hybridized carbons (Fsp3) is 0.462. The fourth-order valence-corrected chi connectivity index (χ4v) is 3.68. The predicted octanol–water partition coefficient (Wildman–Crippen LogP) is 1.68. The Bertz CT molecular complexity index is 389. The van der Waals surface area contributed by atoms with Crippen LogP contribution < -0.4 is 5.73 Å². The average Bonchev–Trinajstić information content (AvgIpc) is 2.29. The Morgan fingerprint density at radius 2 is 2.19 bits per heavy atom.